The summed E-state index contributed by atoms with van der Waals surface area (Å²) in [4.78, 5) is 67.8. The molecule has 1 unspecified atom stereocenters. The summed E-state index contributed by atoms with van der Waals surface area (Å²) in [5.74, 6) is -2.89. The first-order chi connectivity index (χ1) is 23.8. The van der Waals surface area contributed by atoms with Crippen LogP contribution in [0.1, 0.15) is 39.1 Å². The molecule has 1 fully saturated rings. The molecule has 0 spiro atoms. The summed E-state index contributed by atoms with van der Waals surface area (Å²) < 4.78 is 17.9. The fraction of sp³-hybridized carbons (Fsp3) is 0.314. The van der Waals surface area contributed by atoms with Gasteiger partial charge in [0.15, 0.2) is 6.61 Å². The number of imide groups is 2. The number of nitrogens with zero attached hydrogens (tertiary/aromatic N) is 2. The van der Waals surface area contributed by atoms with Crippen LogP contribution < -0.4 is 20.7 Å². The number of fused-ring (bicyclic) bond motifs is 2. The number of benzene rings is 3. The van der Waals surface area contributed by atoms with Crippen LogP contribution in [0.2, 0.25) is 0 Å². The van der Waals surface area contributed by atoms with E-state index in [-0.39, 0.29) is 42.9 Å². The lowest BCUT2D eigenvalue weighted by Gasteiger charge is -2.27. The number of anilines is 1. The van der Waals surface area contributed by atoms with Crippen molar-refractivity contribution >= 4 is 56.8 Å². The number of aromatic nitrogens is 1. The van der Waals surface area contributed by atoms with Gasteiger partial charge in [0, 0.05) is 30.8 Å². The summed E-state index contributed by atoms with van der Waals surface area (Å²) in [6.07, 6.45) is 0.0627. The van der Waals surface area contributed by atoms with Crippen LogP contribution in [-0.2, 0) is 23.9 Å². The van der Waals surface area contributed by atoms with Crippen LogP contribution in [0.25, 0.3) is 20.8 Å². The topological polar surface area (TPSA) is 165 Å². The van der Waals surface area contributed by atoms with Gasteiger partial charge >= 0.3 is 0 Å². The highest BCUT2D eigenvalue weighted by atomic mass is 32.1. The number of thiazole rings is 1. The number of piperidine rings is 1. The maximum absolute atomic E-state index is 13.1. The van der Waals surface area contributed by atoms with Gasteiger partial charge in [-0.1, -0.05) is 12.1 Å². The quantitative estimate of drug-likeness (QED) is 0.125. The summed E-state index contributed by atoms with van der Waals surface area (Å²) in [7, 11) is 0. The lowest BCUT2D eigenvalue weighted by atomic mass is 10.0. The van der Waals surface area contributed by atoms with Crippen molar-refractivity contribution in [2.75, 3.05) is 51.4 Å². The van der Waals surface area contributed by atoms with Crippen LogP contribution in [0.3, 0.4) is 0 Å². The average Bonchev–Trinajstić information content (AvgIpc) is 3.63. The predicted octanol–water partition coefficient (Wildman–Crippen LogP) is 3.31. The van der Waals surface area contributed by atoms with Crippen LogP contribution in [0.15, 0.2) is 60.7 Å². The number of hydrogen-bond acceptors (Lipinski definition) is 11. The minimum Gasteiger partial charge on any atom is -0.483 e. The van der Waals surface area contributed by atoms with E-state index >= 15 is 0 Å². The Bertz CT molecular complexity index is 1890. The fourth-order valence-corrected chi connectivity index (χ4v) is 6.61. The van der Waals surface area contributed by atoms with Crippen LogP contribution >= 0.6 is 11.3 Å². The van der Waals surface area contributed by atoms with Crippen LogP contribution in [0.4, 0.5) is 5.69 Å². The average molecular weight is 686 g/mol. The second-order valence-corrected chi connectivity index (χ2v) is 12.5. The number of amides is 5. The minimum absolute atomic E-state index is 0.0166. The molecule has 3 heterocycles. The van der Waals surface area contributed by atoms with Crippen molar-refractivity contribution in [3.05, 3.63) is 77.4 Å². The standard InChI is InChI=1S/C35H35N5O8S/c1-21-5-10-25-28(19-21)49-33(38-25)22-6-8-23(9-7-22)36-13-15-46-17-18-47-16-14-37-30(42)20-48-27-4-2-3-24-31(27)35(45)40(34(24)44)26-11-12-29(41)39-32(26)43/h2-10,19,26,36H,11-18,20H2,1H3,(H,37,42)(H,39,41,43). The van der Waals surface area contributed by atoms with Gasteiger partial charge in [0.2, 0.25) is 11.8 Å². The van der Waals surface area contributed by atoms with Gasteiger partial charge in [-0.3, -0.25) is 34.2 Å². The number of aryl methyl sites for hydroxylation is 1. The molecular formula is C35H35N5O8S. The molecule has 6 rings (SSSR count). The van der Waals surface area contributed by atoms with Gasteiger partial charge in [0.05, 0.1) is 47.8 Å². The molecule has 5 amide bonds. The Hall–Kier alpha value is -5.18. The molecule has 4 aromatic rings. The monoisotopic (exact) mass is 685 g/mol. The lowest BCUT2D eigenvalue weighted by molar-refractivity contribution is -0.136. The zero-order chi connectivity index (χ0) is 34.3. The molecule has 2 aliphatic heterocycles. The molecule has 1 saturated heterocycles. The SMILES string of the molecule is Cc1ccc2nc(-c3ccc(NCCOCCOCCNC(=O)COc4cccc5c4C(=O)N(C4CCC(=O)NC4=O)C5=O)cc3)sc2c1. The van der Waals surface area contributed by atoms with Crippen molar-refractivity contribution < 1.29 is 38.2 Å². The van der Waals surface area contributed by atoms with Gasteiger partial charge < -0.3 is 24.8 Å². The highest BCUT2D eigenvalue weighted by Crippen LogP contribution is 2.34. The molecule has 3 aromatic carbocycles. The van der Waals surface area contributed by atoms with Gasteiger partial charge in [-0.2, -0.15) is 0 Å². The van der Waals surface area contributed by atoms with E-state index in [1.54, 1.807) is 11.3 Å². The van der Waals surface area contributed by atoms with Gasteiger partial charge in [0.1, 0.15) is 16.8 Å². The van der Waals surface area contributed by atoms with Crippen molar-refractivity contribution in [3.63, 3.8) is 0 Å². The molecule has 0 aliphatic carbocycles. The second kappa shape index (κ2) is 15.4. The number of nitrogens with one attached hydrogen (secondary N) is 3. The van der Waals surface area contributed by atoms with Crippen molar-refractivity contribution in [3.8, 4) is 16.3 Å². The maximum atomic E-state index is 13.1. The smallest absolute Gasteiger partial charge is 0.266 e. The van der Waals surface area contributed by atoms with Crippen molar-refractivity contribution in [2.24, 2.45) is 0 Å². The third-order valence-electron chi connectivity index (χ3n) is 7.98. The molecule has 13 nitrogen and oxygen atoms in total. The third-order valence-corrected chi connectivity index (χ3v) is 9.05. The number of carbonyl (C=O) groups excluding carboxylic acids is 5. The summed E-state index contributed by atoms with van der Waals surface area (Å²) in [5, 5.41) is 9.16. The highest BCUT2D eigenvalue weighted by molar-refractivity contribution is 7.21. The highest BCUT2D eigenvalue weighted by Gasteiger charge is 2.46. The molecule has 0 saturated carbocycles. The molecule has 254 valence electrons. The molecule has 0 radical (unpaired) electrons. The van der Waals surface area contributed by atoms with Crippen LogP contribution in [0, 0.1) is 6.92 Å². The van der Waals surface area contributed by atoms with Gasteiger partial charge in [-0.25, -0.2) is 4.98 Å². The lowest BCUT2D eigenvalue weighted by Crippen LogP contribution is -2.54. The van der Waals surface area contributed by atoms with Crippen molar-refractivity contribution in [1.29, 1.82) is 0 Å². The normalized spacial score (nSPS) is 15.8. The van der Waals surface area contributed by atoms with E-state index in [2.05, 4.69) is 53.2 Å². The summed E-state index contributed by atoms with van der Waals surface area (Å²) >= 11 is 1.69. The van der Waals surface area contributed by atoms with E-state index in [0.717, 1.165) is 26.7 Å². The molecule has 49 heavy (non-hydrogen) atoms. The van der Waals surface area contributed by atoms with Gasteiger partial charge in [-0.15, -0.1) is 11.3 Å². The number of carbonyl (C=O) groups is 5. The van der Waals surface area contributed by atoms with Crippen LogP contribution in [0.5, 0.6) is 5.75 Å². The first kappa shape index (κ1) is 33.7. The molecule has 1 aromatic heterocycles. The predicted molar refractivity (Wildman–Crippen MR) is 182 cm³/mol. The van der Waals surface area contributed by atoms with Crippen molar-refractivity contribution in [2.45, 2.75) is 25.8 Å². The van der Waals surface area contributed by atoms with Gasteiger partial charge in [-0.05, 0) is 67.4 Å². The fourth-order valence-electron chi connectivity index (χ4n) is 5.54. The first-order valence-electron chi connectivity index (χ1n) is 15.9. The van der Waals surface area contributed by atoms with Gasteiger partial charge in [0.25, 0.3) is 17.7 Å². The summed E-state index contributed by atoms with van der Waals surface area (Å²) in [6, 6.07) is 17.8. The maximum Gasteiger partial charge on any atom is 0.266 e. The number of rotatable bonds is 15. The third kappa shape index (κ3) is 7.94. The van der Waals surface area contributed by atoms with E-state index < -0.39 is 42.2 Å². The van der Waals surface area contributed by atoms with Crippen LogP contribution in [-0.4, -0.2) is 91.6 Å². The van der Waals surface area contributed by atoms with E-state index in [9.17, 15) is 24.0 Å². The summed E-state index contributed by atoms with van der Waals surface area (Å²) in [5.41, 5.74) is 4.36. The number of hydrogen-bond donors (Lipinski definition) is 3. The largest absolute Gasteiger partial charge is 0.483 e. The van der Waals surface area contributed by atoms with E-state index in [1.807, 2.05) is 12.1 Å². The zero-order valence-electron chi connectivity index (χ0n) is 26.8. The van der Waals surface area contributed by atoms with E-state index in [4.69, 9.17) is 19.2 Å². The van der Waals surface area contributed by atoms with E-state index in [0.29, 0.717) is 26.4 Å². The first-order valence-corrected chi connectivity index (χ1v) is 16.7. The summed E-state index contributed by atoms with van der Waals surface area (Å²) in [6.45, 7) is 4.09. The minimum atomic E-state index is -1.09. The molecule has 3 N–H and O–H groups in total. The second-order valence-electron chi connectivity index (χ2n) is 11.5. The Labute approximate surface area is 285 Å². The molecule has 1 atom stereocenters. The molecule has 2 aliphatic rings. The van der Waals surface area contributed by atoms with Crippen molar-refractivity contribution in [1.82, 2.24) is 20.5 Å². The molecular weight excluding hydrogens is 650 g/mol. The number of ether oxygens (including phenoxy) is 3. The Kier molecular flexibility index (Phi) is 10.6. The van der Waals surface area contributed by atoms with E-state index in [1.165, 1.54) is 28.5 Å². The zero-order valence-corrected chi connectivity index (χ0v) is 27.6. The Morgan fingerprint density at radius 3 is 2.51 bits per heavy atom. The Morgan fingerprint density at radius 1 is 0.959 bits per heavy atom. The Morgan fingerprint density at radius 2 is 1.73 bits per heavy atom. The molecule has 14 heteroatoms. The Balaban J connectivity index is 0.834. The molecule has 0 bridgehead atoms.